The molecule has 0 aromatic heterocycles. The van der Waals surface area contributed by atoms with E-state index in [0.717, 1.165) is 6.42 Å². The molecule has 2 N–H and O–H groups in total. The zero-order chi connectivity index (χ0) is 13.7. The lowest BCUT2D eigenvalue weighted by Crippen LogP contribution is -2.43. The van der Waals surface area contributed by atoms with Gasteiger partial charge >= 0.3 is 0 Å². The standard InChI is InChI=1S/C12H28N2O2S/c1-6-7-14(10-12(4,5)9-13)17(15,16)8-11(2)3/h11H,6-10,13H2,1-5H3. The molecule has 0 aliphatic heterocycles. The second-order valence-electron chi connectivity index (χ2n) is 5.87. The topological polar surface area (TPSA) is 63.4 Å². The first kappa shape index (κ1) is 16.9. The van der Waals surface area contributed by atoms with Crippen LogP contribution in [0.2, 0.25) is 0 Å². The Morgan fingerprint density at radius 2 is 1.82 bits per heavy atom. The minimum atomic E-state index is -3.15. The Hall–Kier alpha value is -0.130. The smallest absolute Gasteiger partial charge is 0.214 e. The van der Waals surface area contributed by atoms with E-state index in [2.05, 4.69) is 0 Å². The van der Waals surface area contributed by atoms with Gasteiger partial charge in [0.1, 0.15) is 0 Å². The fraction of sp³-hybridized carbons (Fsp3) is 1.00. The minimum Gasteiger partial charge on any atom is -0.330 e. The van der Waals surface area contributed by atoms with Crippen LogP contribution in [0.5, 0.6) is 0 Å². The molecule has 0 rings (SSSR count). The molecule has 0 saturated carbocycles. The quantitative estimate of drug-likeness (QED) is 0.725. The van der Waals surface area contributed by atoms with Crippen LogP contribution in [0.25, 0.3) is 0 Å². The molecule has 0 bridgehead atoms. The maximum Gasteiger partial charge on any atom is 0.214 e. The molecule has 0 saturated heterocycles. The molecule has 0 radical (unpaired) electrons. The lowest BCUT2D eigenvalue weighted by molar-refractivity contribution is 0.265. The molecule has 5 heteroatoms. The summed E-state index contributed by atoms with van der Waals surface area (Å²) < 4.78 is 26.0. The number of rotatable bonds is 8. The summed E-state index contributed by atoms with van der Waals surface area (Å²) in [5, 5.41) is 0. The summed E-state index contributed by atoms with van der Waals surface area (Å²) in [6, 6.07) is 0. The lowest BCUT2D eigenvalue weighted by Gasteiger charge is -2.31. The van der Waals surface area contributed by atoms with Crippen LogP contribution >= 0.6 is 0 Å². The van der Waals surface area contributed by atoms with E-state index in [0.29, 0.717) is 19.6 Å². The number of hydrogen-bond acceptors (Lipinski definition) is 3. The second kappa shape index (κ2) is 6.71. The summed E-state index contributed by atoms with van der Waals surface area (Å²) >= 11 is 0. The molecule has 0 atom stereocenters. The van der Waals surface area contributed by atoms with Crippen molar-refractivity contribution in [2.45, 2.75) is 41.0 Å². The summed E-state index contributed by atoms with van der Waals surface area (Å²) in [6.45, 7) is 11.4. The van der Waals surface area contributed by atoms with Crippen molar-refractivity contribution >= 4 is 10.0 Å². The average molecular weight is 264 g/mol. The average Bonchev–Trinajstić information content (AvgIpc) is 2.15. The number of nitrogens with two attached hydrogens (primary N) is 1. The van der Waals surface area contributed by atoms with Gasteiger partial charge in [-0.2, -0.15) is 0 Å². The highest BCUT2D eigenvalue weighted by Crippen LogP contribution is 2.19. The van der Waals surface area contributed by atoms with Gasteiger partial charge in [0.2, 0.25) is 10.0 Å². The van der Waals surface area contributed by atoms with E-state index in [1.165, 1.54) is 0 Å². The van der Waals surface area contributed by atoms with Gasteiger partial charge in [-0.3, -0.25) is 0 Å². The normalized spacial score (nSPS) is 13.6. The zero-order valence-electron chi connectivity index (χ0n) is 11.9. The van der Waals surface area contributed by atoms with Crippen LogP contribution in [-0.2, 0) is 10.0 Å². The molecule has 0 aliphatic rings. The molecule has 104 valence electrons. The van der Waals surface area contributed by atoms with Crippen LogP contribution in [0.4, 0.5) is 0 Å². The van der Waals surface area contributed by atoms with Crippen LogP contribution in [0.1, 0.15) is 41.0 Å². The third kappa shape index (κ3) is 6.38. The summed E-state index contributed by atoms with van der Waals surface area (Å²) in [5.74, 6) is 0.369. The highest BCUT2D eigenvalue weighted by molar-refractivity contribution is 7.89. The molecule has 17 heavy (non-hydrogen) atoms. The number of hydrogen-bond donors (Lipinski definition) is 1. The largest absolute Gasteiger partial charge is 0.330 e. The minimum absolute atomic E-state index is 0.153. The van der Waals surface area contributed by atoms with Crippen LogP contribution in [-0.4, -0.2) is 38.1 Å². The van der Waals surface area contributed by atoms with Crippen molar-refractivity contribution in [3.8, 4) is 0 Å². The van der Waals surface area contributed by atoms with Crippen LogP contribution in [0.15, 0.2) is 0 Å². The first-order valence-corrected chi connectivity index (χ1v) is 7.93. The summed E-state index contributed by atoms with van der Waals surface area (Å²) in [5.41, 5.74) is 5.51. The van der Waals surface area contributed by atoms with Crippen LogP contribution < -0.4 is 5.73 Å². The van der Waals surface area contributed by atoms with E-state index in [-0.39, 0.29) is 17.1 Å². The highest BCUT2D eigenvalue weighted by atomic mass is 32.2. The molecule has 0 aromatic rings. The van der Waals surface area contributed by atoms with Crippen molar-refractivity contribution in [3.05, 3.63) is 0 Å². The van der Waals surface area contributed by atoms with Gasteiger partial charge < -0.3 is 5.73 Å². The first-order valence-electron chi connectivity index (χ1n) is 6.32. The van der Waals surface area contributed by atoms with Gasteiger partial charge in [-0.1, -0.05) is 34.6 Å². The SMILES string of the molecule is CCCN(CC(C)(C)CN)S(=O)(=O)CC(C)C. The third-order valence-electron chi connectivity index (χ3n) is 2.57. The van der Waals surface area contributed by atoms with E-state index in [1.54, 1.807) is 4.31 Å². The van der Waals surface area contributed by atoms with E-state index in [9.17, 15) is 8.42 Å². The summed E-state index contributed by atoms with van der Waals surface area (Å²) in [4.78, 5) is 0. The maximum atomic E-state index is 12.2. The monoisotopic (exact) mass is 264 g/mol. The first-order chi connectivity index (χ1) is 7.64. The number of nitrogens with zero attached hydrogens (tertiary/aromatic N) is 1. The molecule has 0 unspecified atom stereocenters. The van der Waals surface area contributed by atoms with Crippen molar-refractivity contribution in [1.29, 1.82) is 0 Å². The molecule has 0 fully saturated rings. The van der Waals surface area contributed by atoms with Crippen molar-refractivity contribution in [2.75, 3.05) is 25.4 Å². The molecular formula is C12H28N2O2S. The molecular weight excluding hydrogens is 236 g/mol. The molecule has 0 spiro atoms. The Bertz CT molecular complexity index is 310. The van der Waals surface area contributed by atoms with Crippen molar-refractivity contribution in [2.24, 2.45) is 17.1 Å². The molecule has 4 nitrogen and oxygen atoms in total. The Balaban J connectivity index is 4.85. The van der Waals surface area contributed by atoms with Crippen molar-refractivity contribution < 1.29 is 8.42 Å². The molecule has 0 aliphatic carbocycles. The fourth-order valence-electron chi connectivity index (χ4n) is 1.63. The van der Waals surface area contributed by atoms with Crippen molar-refractivity contribution in [1.82, 2.24) is 4.31 Å². The lowest BCUT2D eigenvalue weighted by atomic mass is 9.94. The van der Waals surface area contributed by atoms with E-state index < -0.39 is 10.0 Å². The zero-order valence-corrected chi connectivity index (χ0v) is 12.7. The summed E-state index contributed by atoms with van der Waals surface area (Å²) in [6.07, 6.45) is 0.831. The van der Waals surface area contributed by atoms with Gasteiger partial charge in [-0.15, -0.1) is 0 Å². The van der Waals surface area contributed by atoms with E-state index in [4.69, 9.17) is 5.73 Å². The van der Waals surface area contributed by atoms with Gasteiger partial charge in [0.25, 0.3) is 0 Å². The van der Waals surface area contributed by atoms with Crippen molar-refractivity contribution in [3.63, 3.8) is 0 Å². The Labute approximate surface area is 107 Å². The highest BCUT2D eigenvalue weighted by Gasteiger charge is 2.28. The fourth-order valence-corrected chi connectivity index (χ4v) is 3.69. The van der Waals surface area contributed by atoms with Crippen LogP contribution in [0.3, 0.4) is 0 Å². The molecule has 0 amide bonds. The molecule has 0 heterocycles. The Morgan fingerprint density at radius 3 is 2.18 bits per heavy atom. The predicted octanol–water partition coefficient (Wildman–Crippen LogP) is 1.67. The second-order valence-corrected chi connectivity index (χ2v) is 7.89. The Morgan fingerprint density at radius 1 is 1.29 bits per heavy atom. The van der Waals surface area contributed by atoms with Gasteiger partial charge in [-0.25, -0.2) is 12.7 Å². The molecule has 0 aromatic carbocycles. The van der Waals surface area contributed by atoms with Crippen LogP contribution in [0, 0.1) is 11.3 Å². The van der Waals surface area contributed by atoms with Gasteiger partial charge in [0.15, 0.2) is 0 Å². The van der Waals surface area contributed by atoms with Gasteiger partial charge in [-0.05, 0) is 24.3 Å². The predicted molar refractivity (Wildman–Crippen MR) is 73.3 cm³/mol. The number of sulfonamides is 1. The van der Waals surface area contributed by atoms with E-state index in [1.807, 2.05) is 34.6 Å². The third-order valence-corrected chi connectivity index (χ3v) is 4.75. The van der Waals surface area contributed by atoms with Gasteiger partial charge in [0.05, 0.1) is 5.75 Å². The van der Waals surface area contributed by atoms with E-state index >= 15 is 0 Å². The van der Waals surface area contributed by atoms with Gasteiger partial charge in [0, 0.05) is 13.1 Å². The maximum absolute atomic E-state index is 12.2. The summed E-state index contributed by atoms with van der Waals surface area (Å²) in [7, 11) is -3.15. The Kier molecular flexibility index (Phi) is 6.66.